The van der Waals surface area contributed by atoms with Crippen molar-refractivity contribution in [1.82, 2.24) is 0 Å². The van der Waals surface area contributed by atoms with Crippen molar-refractivity contribution in [2.45, 2.75) is 6.92 Å². The monoisotopic (exact) mass is 276 g/mol. The summed E-state index contributed by atoms with van der Waals surface area (Å²) < 4.78 is 0. The summed E-state index contributed by atoms with van der Waals surface area (Å²) in [5.41, 5.74) is 1.76. The maximum absolute atomic E-state index is 12.2. The molecule has 4 nitrogen and oxygen atoms in total. The van der Waals surface area contributed by atoms with Crippen LogP contribution in [0.3, 0.4) is 0 Å². The second kappa shape index (κ2) is 3.65. The molecule has 1 aliphatic carbocycles. The predicted octanol–water partition coefficient (Wildman–Crippen LogP) is 2.98. The molecule has 2 aromatic carbocycles. The van der Waals surface area contributed by atoms with Crippen LogP contribution in [0.4, 0.5) is 0 Å². The van der Waals surface area contributed by atoms with Gasteiger partial charge in [-0.3, -0.25) is 4.79 Å². The number of carbonyl (C=O) groups is 1. The van der Waals surface area contributed by atoms with Crippen molar-refractivity contribution in [2.24, 2.45) is 0 Å². The minimum atomic E-state index is -0.498. The van der Waals surface area contributed by atoms with Gasteiger partial charge in [-0.2, -0.15) is 0 Å². The van der Waals surface area contributed by atoms with Crippen molar-refractivity contribution in [1.29, 1.82) is 0 Å². The van der Waals surface area contributed by atoms with E-state index in [1.165, 1.54) is 12.1 Å². The van der Waals surface area contributed by atoms with Gasteiger partial charge in [-0.25, -0.2) is 0 Å². The van der Waals surface area contributed by atoms with E-state index in [4.69, 9.17) is 11.6 Å². The van der Waals surface area contributed by atoms with Gasteiger partial charge in [-0.15, -0.1) is 0 Å². The average molecular weight is 277 g/mol. The first-order valence-corrected chi connectivity index (χ1v) is 5.92. The van der Waals surface area contributed by atoms with Gasteiger partial charge in [-0.05, 0) is 30.2 Å². The van der Waals surface area contributed by atoms with E-state index in [2.05, 4.69) is 0 Å². The third kappa shape index (κ3) is 1.43. The Morgan fingerprint density at radius 2 is 1.58 bits per heavy atom. The summed E-state index contributed by atoms with van der Waals surface area (Å²) >= 11 is 5.73. The number of hydrogen-bond acceptors (Lipinski definition) is 4. The molecule has 5 heteroatoms. The number of phenols is 3. The zero-order chi connectivity index (χ0) is 13.9. The summed E-state index contributed by atoms with van der Waals surface area (Å²) in [6.07, 6.45) is 0. The molecular weight excluding hydrogens is 268 g/mol. The number of aryl methyl sites for hydroxylation is 1. The Morgan fingerprint density at radius 1 is 0.947 bits per heavy atom. The highest BCUT2D eigenvalue weighted by Gasteiger charge is 2.34. The molecule has 3 rings (SSSR count). The smallest absolute Gasteiger partial charge is 0.201 e. The van der Waals surface area contributed by atoms with Crippen molar-refractivity contribution >= 4 is 17.4 Å². The minimum Gasteiger partial charge on any atom is -0.507 e. The fourth-order valence-electron chi connectivity index (χ4n) is 2.42. The number of carbonyl (C=O) groups excluding carboxylic acids is 1. The van der Waals surface area contributed by atoms with Crippen LogP contribution in [0, 0.1) is 6.92 Å². The van der Waals surface area contributed by atoms with E-state index in [-0.39, 0.29) is 27.6 Å². The van der Waals surface area contributed by atoms with Crippen LogP contribution in [0.1, 0.15) is 21.5 Å². The topological polar surface area (TPSA) is 77.8 Å². The van der Waals surface area contributed by atoms with Gasteiger partial charge in [0, 0.05) is 5.56 Å². The molecule has 0 saturated heterocycles. The van der Waals surface area contributed by atoms with E-state index in [1.54, 1.807) is 13.0 Å². The van der Waals surface area contributed by atoms with E-state index in [0.29, 0.717) is 11.1 Å². The van der Waals surface area contributed by atoms with E-state index in [9.17, 15) is 20.1 Å². The van der Waals surface area contributed by atoms with Gasteiger partial charge in [-0.1, -0.05) is 17.7 Å². The van der Waals surface area contributed by atoms with Gasteiger partial charge < -0.3 is 15.3 Å². The Labute approximate surface area is 113 Å². The van der Waals surface area contributed by atoms with Gasteiger partial charge in [0.15, 0.2) is 0 Å². The van der Waals surface area contributed by atoms with Crippen LogP contribution in [0.25, 0.3) is 11.1 Å². The fraction of sp³-hybridized carbons (Fsp3) is 0.0714. The number of halogens is 1. The van der Waals surface area contributed by atoms with Crippen molar-refractivity contribution in [2.75, 3.05) is 0 Å². The molecule has 96 valence electrons. The Hall–Kier alpha value is -2.20. The predicted molar refractivity (Wildman–Crippen MR) is 70.1 cm³/mol. The molecule has 0 saturated carbocycles. The van der Waals surface area contributed by atoms with E-state index < -0.39 is 11.5 Å². The third-order valence-electron chi connectivity index (χ3n) is 3.23. The Kier molecular flexibility index (Phi) is 2.28. The number of benzene rings is 2. The molecule has 1 aliphatic rings. The lowest BCUT2D eigenvalue weighted by atomic mass is 10.0. The maximum atomic E-state index is 12.2. The second-order valence-electron chi connectivity index (χ2n) is 4.52. The molecule has 2 aromatic rings. The van der Waals surface area contributed by atoms with Crippen molar-refractivity contribution in [3.8, 4) is 28.4 Å². The molecule has 0 heterocycles. The van der Waals surface area contributed by atoms with Crippen molar-refractivity contribution < 1.29 is 20.1 Å². The van der Waals surface area contributed by atoms with Gasteiger partial charge in [0.2, 0.25) is 5.78 Å². The van der Waals surface area contributed by atoms with E-state index in [0.717, 1.165) is 5.56 Å². The molecule has 0 aromatic heterocycles. The Bertz CT molecular complexity index is 750. The zero-order valence-electron chi connectivity index (χ0n) is 9.86. The van der Waals surface area contributed by atoms with Gasteiger partial charge in [0.05, 0.1) is 11.1 Å². The highest BCUT2D eigenvalue weighted by molar-refractivity contribution is 6.36. The average Bonchev–Trinajstić information content (AvgIpc) is 2.60. The van der Waals surface area contributed by atoms with Crippen molar-refractivity contribution in [3.63, 3.8) is 0 Å². The van der Waals surface area contributed by atoms with Crippen LogP contribution < -0.4 is 0 Å². The minimum absolute atomic E-state index is 0.0127. The number of hydrogen-bond donors (Lipinski definition) is 3. The highest BCUT2D eigenvalue weighted by Crippen LogP contribution is 2.49. The molecule has 0 amide bonds. The van der Waals surface area contributed by atoms with E-state index >= 15 is 0 Å². The summed E-state index contributed by atoms with van der Waals surface area (Å²) in [5, 5.41) is 29.2. The SMILES string of the molecule is Cc1cc(O)c2c(c1)-c1cc(O)c(Cl)c(O)c1C2=O. The summed E-state index contributed by atoms with van der Waals surface area (Å²) in [5.74, 6) is -1.41. The van der Waals surface area contributed by atoms with Crippen molar-refractivity contribution in [3.05, 3.63) is 39.9 Å². The molecule has 0 bridgehead atoms. The molecule has 19 heavy (non-hydrogen) atoms. The molecule has 0 atom stereocenters. The second-order valence-corrected chi connectivity index (χ2v) is 4.89. The maximum Gasteiger partial charge on any atom is 0.201 e. The first-order valence-electron chi connectivity index (χ1n) is 5.55. The molecule has 0 aliphatic heterocycles. The lowest BCUT2D eigenvalue weighted by Gasteiger charge is -2.06. The Morgan fingerprint density at radius 3 is 2.26 bits per heavy atom. The normalized spacial score (nSPS) is 12.4. The van der Waals surface area contributed by atoms with E-state index in [1.807, 2.05) is 0 Å². The van der Waals surface area contributed by atoms with Crippen LogP contribution in [-0.2, 0) is 0 Å². The van der Waals surface area contributed by atoms with Crippen LogP contribution in [-0.4, -0.2) is 21.1 Å². The quantitative estimate of drug-likeness (QED) is 0.590. The third-order valence-corrected chi connectivity index (χ3v) is 3.60. The first kappa shape index (κ1) is 11.9. The van der Waals surface area contributed by atoms with Crippen LogP contribution in [0.15, 0.2) is 18.2 Å². The van der Waals surface area contributed by atoms with Crippen LogP contribution in [0.2, 0.25) is 5.02 Å². The molecule has 0 radical (unpaired) electrons. The Balaban J connectivity index is 2.45. The summed E-state index contributed by atoms with van der Waals surface area (Å²) in [6.45, 7) is 1.78. The van der Waals surface area contributed by atoms with Gasteiger partial charge >= 0.3 is 0 Å². The summed E-state index contributed by atoms with van der Waals surface area (Å²) in [4.78, 5) is 12.2. The standard InChI is InChI=1S/C14H9ClO4/c1-5-2-6-7-4-9(17)12(15)14(19)11(7)13(18)10(6)8(16)3-5/h2-4,16-17,19H,1H3. The number of phenolic OH excluding ortho intramolecular Hbond substituents is 3. The lowest BCUT2D eigenvalue weighted by molar-refractivity contribution is 0.103. The molecular formula is C14H9ClO4. The number of aromatic hydroxyl groups is 3. The zero-order valence-corrected chi connectivity index (χ0v) is 10.6. The van der Waals surface area contributed by atoms with Crippen LogP contribution >= 0.6 is 11.6 Å². The van der Waals surface area contributed by atoms with Crippen LogP contribution in [0.5, 0.6) is 17.2 Å². The summed E-state index contributed by atoms with van der Waals surface area (Å²) in [7, 11) is 0. The van der Waals surface area contributed by atoms with Gasteiger partial charge in [0.25, 0.3) is 0 Å². The number of fused-ring (bicyclic) bond motifs is 3. The fourth-order valence-corrected chi connectivity index (χ4v) is 2.57. The molecule has 0 unspecified atom stereocenters. The molecule has 0 fully saturated rings. The summed E-state index contributed by atoms with van der Waals surface area (Å²) in [6, 6.07) is 4.51. The first-order chi connectivity index (χ1) is 8.91. The lowest BCUT2D eigenvalue weighted by Crippen LogP contribution is -1.96. The molecule has 3 N–H and O–H groups in total. The highest BCUT2D eigenvalue weighted by atomic mass is 35.5. The van der Waals surface area contributed by atoms with Gasteiger partial charge in [0.1, 0.15) is 22.3 Å². The number of rotatable bonds is 0. The largest absolute Gasteiger partial charge is 0.507 e. The number of ketones is 1. The molecule has 0 spiro atoms.